The van der Waals surface area contributed by atoms with E-state index in [9.17, 15) is 0 Å². The quantitative estimate of drug-likeness (QED) is 0.722. The van der Waals surface area contributed by atoms with Crippen molar-refractivity contribution in [3.8, 4) is 0 Å². The summed E-state index contributed by atoms with van der Waals surface area (Å²) in [7, 11) is 0. The van der Waals surface area contributed by atoms with Crippen molar-refractivity contribution in [2.45, 2.75) is 20.4 Å². The topological polar surface area (TPSA) is 82.6 Å². The molecule has 0 saturated carbocycles. The van der Waals surface area contributed by atoms with Gasteiger partial charge >= 0.3 is 0 Å². The van der Waals surface area contributed by atoms with Crippen LogP contribution in [0, 0.1) is 0 Å². The predicted molar refractivity (Wildman–Crippen MR) is 91.8 cm³/mol. The minimum absolute atomic E-state index is 0.175. The maximum atomic E-state index is 6.00. The van der Waals surface area contributed by atoms with Crippen LogP contribution < -0.4 is 10.2 Å². The lowest BCUT2D eigenvalue weighted by atomic mass is 10.3. The number of nitrogens with one attached hydrogen (secondary N) is 2. The van der Waals surface area contributed by atoms with Crippen LogP contribution in [0.5, 0.6) is 0 Å². The highest BCUT2D eigenvalue weighted by molar-refractivity contribution is 6.28. The van der Waals surface area contributed by atoms with Gasteiger partial charge < -0.3 is 15.2 Å². The number of halogens is 1. The van der Waals surface area contributed by atoms with E-state index in [-0.39, 0.29) is 5.28 Å². The first kappa shape index (κ1) is 15.5. The highest BCUT2D eigenvalue weighted by atomic mass is 35.5. The number of hydrogen-bond donors (Lipinski definition) is 2. The number of hydrogen-bond acceptors (Lipinski definition) is 6. The molecule has 0 atom stereocenters. The second kappa shape index (κ2) is 6.78. The first-order valence-electron chi connectivity index (χ1n) is 7.53. The van der Waals surface area contributed by atoms with Gasteiger partial charge in [-0.2, -0.15) is 15.0 Å². The molecule has 0 aliphatic rings. The highest BCUT2D eigenvalue weighted by Gasteiger charge is 2.10. The largest absolute Gasteiger partial charge is 0.347 e. The fourth-order valence-corrected chi connectivity index (χ4v) is 2.47. The van der Waals surface area contributed by atoms with E-state index in [0.29, 0.717) is 18.4 Å². The summed E-state index contributed by atoms with van der Waals surface area (Å²) >= 11 is 6.00. The fraction of sp³-hybridized carbons (Fsp3) is 0.333. The lowest BCUT2D eigenvalue weighted by molar-refractivity contribution is 0.810. The third-order valence-electron chi connectivity index (χ3n) is 3.49. The van der Waals surface area contributed by atoms with Crippen molar-refractivity contribution in [2.24, 2.45) is 0 Å². The van der Waals surface area contributed by atoms with Gasteiger partial charge in [-0.1, -0.05) is 12.1 Å². The van der Waals surface area contributed by atoms with Gasteiger partial charge in [0.05, 0.1) is 17.6 Å². The average Bonchev–Trinajstić information content (AvgIpc) is 2.96. The molecule has 0 bridgehead atoms. The van der Waals surface area contributed by atoms with Crippen molar-refractivity contribution < 1.29 is 0 Å². The maximum absolute atomic E-state index is 6.00. The van der Waals surface area contributed by atoms with Crippen molar-refractivity contribution in [1.82, 2.24) is 24.9 Å². The van der Waals surface area contributed by atoms with Gasteiger partial charge in [-0.3, -0.25) is 0 Å². The van der Waals surface area contributed by atoms with Crippen molar-refractivity contribution in [3.05, 3.63) is 35.4 Å². The number of nitrogens with zero attached hydrogens (tertiary/aromatic N) is 5. The van der Waals surface area contributed by atoms with Gasteiger partial charge in [0.1, 0.15) is 5.82 Å². The molecule has 0 aliphatic carbocycles. The van der Waals surface area contributed by atoms with Crippen LogP contribution in [0.2, 0.25) is 5.28 Å². The van der Waals surface area contributed by atoms with Gasteiger partial charge in [0.15, 0.2) is 0 Å². The number of anilines is 2. The zero-order valence-electron chi connectivity index (χ0n) is 13.0. The molecule has 0 amide bonds. The number of aromatic nitrogens is 5. The molecule has 2 heterocycles. The lowest BCUT2D eigenvalue weighted by Crippen LogP contribution is -2.25. The van der Waals surface area contributed by atoms with Crippen molar-refractivity contribution in [1.29, 1.82) is 0 Å². The fourth-order valence-electron chi connectivity index (χ4n) is 2.32. The molecular formula is C15H18ClN7. The molecule has 0 fully saturated rings. The molecule has 0 radical (unpaired) electrons. The van der Waals surface area contributed by atoms with E-state index in [2.05, 4.69) is 30.2 Å². The first-order chi connectivity index (χ1) is 11.2. The molecule has 0 unspecified atom stereocenters. The van der Waals surface area contributed by atoms with Crippen LogP contribution in [0.25, 0.3) is 11.0 Å². The first-order valence-corrected chi connectivity index (χ1v) is 7.91. The predicted octanol–water partition coefficient (Wildman–Crippen LogP) is 2.86. The Labute approximate surface area is 139 Å². The Morgan fingerprint density at radius 2 is 1.87 bits per heavy atom. The molecule has 0 aliphatic heterocycles. The molecular weight excluding hydrogens is 314 g/mol. The van der Waals surface area contributed by atoms with Crippen LogP contribution in [0.4, 0.5) is 11.9 Å². The van der Waals surface area contributed by atoms with E-state index < -0.39 is 0 Å². The van der Waals surface area contributed by atoms with Crippen LogP contribution in [-0.4, -0.2) is 38.0 Å². The lowest BCUT2D eigenvalue weighted by Gasteiger charge is -2.18. The van der Waals surface area contributed by atoms with Crippen LogP contribution >= 0.6 is 11.6 Å². The molecule has 23 heavy (non-hydrogen) atoms. The summed E-state index contributed by atoms with van der Waals surface area (Å²) in [6, 6.07) is 7.89. The number of aromatic amines is 1. The van der Waals surface area contributed by atoms with E-state index in [4.69, 9.17) is 11.6 Å². The van der Waals surface area contributed by atoms with E-state index in [1.807, 2.05) is 43.0 Å². The van der Waals surface area contributed by atoms with Crippen molar-refractivity contribution >= 4 is 34.5 Å². The Morgan fingerprint density at radius 1 is 1.09 bits per heavy atom. The van der Waals surface area contributed by atoms with Crippen LogP contribution in [0.1, 0.15) is 19.7 Å². The average molecular weight is 332 g/mol. The number of para-hydroxylation sites is 2. The third-order valence-corrected chi connectivity index (χ3v) is 3.66. The Bertz CT molecular complexity index is 764. The number of rotatable bonds is 6. The van der Waals surface area contributed by atoms with Crippen LogP contribution in [0.3, 0.4) is 0 Å². The van der Waals surface area contributed by atoms with Gasteiger partial charge in [0, 0.05) is 13.1 Å². The number of benzene rings is 1. The normalized spacial score (nSPS) is 10.9. The summed E-state index contributed by atoms with van der Waals surface area (Å²) < 4.78 is 0. The molecule has 2 N–H and O–H groups in total. The molecule has 8 heteroatoms. The van der Waals surface area contributed by atoms with Gasteiger partial charge in [-0.05, 0) is 37.6 Å². The molecule has 2 aromatic heterocycles. The molecule has 0 saturated heterocycles. The molecule has 7 nitrogen and oxygen atoms in total. The van der Waals surface area contributed by atoms with Gasteiger partial charge in [0.25, 0.3) is 0 Å². The Morgan fingerprint density at radius 3 is 2.61 bits per heavy atom. The number of fused-ring (bicyclic) bond motifs is 1. The standard InChI is InChI=1S/C15H18ClN7/c1-3-23(4-2)15-21-13(16)20-14(22-15)17-9-12-18-10-7-5-6-8-11(10)19-12/h5-8H,3-4,9H2,1-2H3,(H,18,19)(H,17,20,21,22). The third kappa shape index (κ3) is 3.50. The molecule has 3 rings (SSSR count). The Balaban J connectivity index is 1.77. The van der Waals surface area contributed by atoms with Crippen molar-refractivity contribution in [3.63, 3.8) is 0 Å². The zero-order chi connectivity index (χ0) is 16.2. The number of imidazole rings is 1. The second-order valence-electron chi connectivity index (χ2n) is 4.95. The minimum atomic E-state index is 0.175. The second-order valence-corrected chi connectivity index (χ2v) is 5.29. The minimum Gasteiger partial charge on any atom is -0.347 e. The zero-order valence-corrected chi connectivity index (χ0v) is 13.8. The number of H-pyrrole nitrogens is 1. The van der Waals surface area contributed by atoms with Gasteiger partial charge in [-0.15, -0.1) is 0 Å². The van der Waals surface area contributed by atoms with Gasteiger partial charge in [-0.25, -0.2) is 4.98 Å². The van der Waals surface area contributed by atoms with Crippen LogP contribution in [-0.2, 0) is 6.54 Å². The van der Waals surface area contributed by atoms with Crippen LogP contribution in [0.15, 0.2) is 24.3 Å². The monoisotopic (exact) mass is 331 g/mol. The van der Waals surface area contributed by atoms with E-state index in [1.54, 1.807) is 0 Å². The Kier molecular flexibility index (Phi) is 4.57. The molecule has 1 aromatic carbocycles. The Hall–Kier alpha value is -2.41. The highest BCUT2D eigenvalue weighted by Crippen LogP contribution is 2.15. The summed E-state index contributed by atoms with van der Waals surface area (Å²) in [5.74, 6) is 1.82. The molecule has 120 valence electrons. The summed E-state index contributed by atoms with van der Waals surface area (Å²) in [4.78, 5) is 22.5. The summed E-state index contributed by atoms with van der Waals surface area (Å²) in [5, 5.41) is 3.31. The van der Waals surface area contributed by atoms with E-state index >= 15 is 0 Å². The van der Waals surface area contributed by atoms with Gasteiger partial charge in [0.2, 0.25) is 17.2 Å². The molecule has 0 spiro atoms. The summed E-state index contributed by atoms with van der Waals surface area (Å²) in [5.41, 5.74) is 1.93. The maximum Gasteiger partial charge on any atom is 0.231 e. The van der Waals surface area contributed by atoms with E-state index in [0.717, 1.165) is 29.9 Å². The smallest absolute Gasteiger partial charge is 0.231 e. The SMILES string of the molecule is CCN(CC)c1nc(Cl)nc(NCc2nc3ccccc3[nH]2)n1. The summed E-state index contributed by atoms with van der Waals surface area (Å²) in [6.07, 6.45) is 0. The van der Waals surface area contributed by atoms with E-state index in [1.165, 1.54) is 0 Å². The summed E-state index contributed by atoms with van der Waals surface area (Å²) in [6.45, 7) is 6.18. The molecule has 3 aromatic rings. The van der Waals surface area contributed by atoms with Crippen molar-refractivity contribution in [2.75, 3.05) is 23.3 Å².